The van der Waals surface area contributed by atoms with Crippen molar-refractivity contribution in [3.8, 4) is 5.75 Å². The van der Waals surface area contributed by atoms with Gasteiger partial charge in [-0.05, 0) is 31.0 Å². The fourth-order valence-electron chi connectivity index (χ4n) is 3.59. The highest BCUT2D eigenvalue weighted by atomic mass is 16.5. The van der Waals surface area contributed by atoms with Crippen LogP contribution in [0, 0.1) is 6.92 Å². The summed E-state index contributed by atoms with van der Waals surface area (Å²) in [7, 11) is 1.54. The molecule has 8 heteroatoms. The van der Waals surface area contributed by atoms with Crippen LogP contribution in [-0.4, -0.2) is 22.6 Å². The van der Waals surface area contributed by atoms with E-state index in [2.05, 4.69) is 4.98 Å². The van der Waals surface area contributed by atoms with Crippen LogP contribution in [0.1, 0.15) is 41.3 Å². The number of amides is 1. The van der Waals surface area contributed by atoms with Crippen molar-refractivity contribution >= 4 is 17.4 Å². The van der Waals surface area contributed by atoms with E-state index in [1.807, 2.05) is 44.2 Å². The number of anilines is 2. The number of carbonyl (C=O) groups is 1. The van der Waals surface area contributed by atoms with Crippen LogP contribution in [0.4, 0.5) is 11.5 Å². The SMILES string of the molecule is CCCCn1c(N)c(N(Cc2ccccc2OC)C(=O)c2ccccc2C)c(=O)[nH]c1=O. The Hall–Kier alpha value is -3.81. The number of nitrogen functional groups attached to an aromatic ring is 1. The van der Waals surface area contributed by atoms with Gasteiger partial charge in [0.15, 0.2) is 5.69 Å². The molecule has 0 saturated carbocycles. The van der Waals surface area contributed by atoms with Crippen molar-refractivity contribution in [2.24, 2.45) is 0 Å². The molecule has 0 aliphatic rings. The number of hydrogen-bond acceptors (Lipinski definition) is 5. The number of ether oxygens (including phenoxy) is 1. The molecular weight excluding hydrogens is 408 g/mol. The maximum absolute atomic E-state index is 13.7. The number of aromatic nitrogens is 2. The van der Waals surface area contributed by atoms with Crippen molar-refractivity contribution < 1.29 is 9.53 Å². The summed E-state index contributed by atoms with van der Waals surface area (Å²) in [6.45, 7) is 4.19. The van der Waals surface area contributed by atoms with E-state index in [-0.39, 0.29) is 18.1 Å². The van der Waals surface area contributed by atoms with Crippen LogP contribution in [0.15, 0.2) is 58.1 Å². The van der Waals surface area contributed by atoms with Gasteiger partial charge in [-0.3, -0.25) is 24.0 Å². The summed E-state index contributed by atoms with van der Waals surface area (Å²) in [5, 5.41) is 0. The standard InChI is InChI=1S/C24H28N4O4/c1-4-5-14-27-21(25)20(22(29)26-24(27)31)28(15-17-11-7-9-13-19(17)32-3)23(30)18-12-8-6-10-16(18)2/h6-13H,4-5,14-15,25H2,1-3H3,(H,26,29,31). The maximum atomic E-state index is 13.7. The molecule has 3 N–H and O–H groups in total. The first-order valence-electron chi connectivity index (χ1n) is 10.5. The zero-order valence-corrected chi connectivity index (χ0v) is 18.6. The molecule has 0 aliphatic heterocycles. The van der Waals surface area contributed by atoms with Gasteiger partial charge in [0.2, 0.25) is 0 Å². The average molecular weight is 437 g/mol. The molecule has 168 valence electrons. The third-order valence-corrected chi connectivity index (χ3v) is 5.36. The Morgan fingerprint density at radius 3 is 2.50 bits per heavy atom. The zero-order valence-electron chi connectivity index (χ0n) is 18.6. The van der Waals surface area contributed by atoms with Crippen molar-refractivity contribution in [1.82, 2.24) is 9.55 Å². The van der Waals surface area contributed by atoms with Gasteiger partial charge in [0, 0.05) is 17.7 Å². The maximum Gasteiger partial charge on any atom is 0.330 e. The predicted molar refractivity (Wildman–Crippen MR) is 125 cm³/mol. The fourth-order valence-corrected chi connectivity index (χ4v) is 3.59. The molecule has 3 aromatic rings. The highest BCUT2D eigenvalue weighted by Gasteiger charge is 2.27. The third kappa shape index (κ3) is 4.59. The molecule has 1 amide bonds. The van der Waals surface area contributed by atoms with E-state index in [0.29, 0.717) is 29.8 Å². The number of methoxy groups -OCH3 is 1. The molecule has 0 fully saturated rings. The van der Waals surface area contributed by atoms with Crippen LogP contribution in [0.5, 0.6) is 5.75 Å². The lowest BCUT2D eigenvalue weighted by Gasteiger charge is -2.26. The number of carbonyl (C=O) groups excluding carboxylic acids is 1. The van der Waals surface area contributed by atoms with Crippen LogP contribution >= 0.6 is 0 Å². The minimum absolute atomic E-state index is 0.0379. The molecule has 0 saturated heterocycles. The summed E-state index contributed by atoms with van der Waals surface area (Å²) >= 11 is 0. The number of aromatic amines is 1. The zero-order chi connectivity index (χ0) is 23.3. The molecule has 32 heavy (non-hydrogen) atoms. The normalized spacial score (nSPS) is 10.7. The number of aryl methyl sites for hydroxylation is 1. The lowest BCUT2D eigenvalue weighted by atomic mass is 10.1. The molecule has 0 bridgehead atoms. The molecule has 2 aromatic carbocycles. The van der Waals surface area contributed by atoms with Crippen molar-refractivity contribution in [2.45, 2.75) is 39.8 Å². The van der Waals surface area contributed by atoms with E-state index >= 15 is 0 Å². The first kappa shape index (κ1) is 22.9. The summed E-state index contributed by atoms with van der Waals surface area (Å²) in [5.41, 5.74) is 6.86. The molecule has 0 radical (unpaired) electrons. The van der Waals surface area contributed by atoms with Crippen molar-refractivity contribution in [3.05, 3.63) is 86.1 Å². The van der Waals surface area contributed by atoms with Gasteiger partial charge < -0.3 is 10.5 Å². The molecule has 3 rings (SSSR count). The molecule has 0 aliphatic carbocycles. The van der Waals surface area contributed by atoms with Gasteiger partial charge in [-0.2, -0.15) is 0 Å². The number of hydrogen-bond donors (Lipinski definition) is 2. The topological polar surface area (TPSA) is 110 Å². The molecular formula is C24H28N4O4. The predicted octanol–water partition coefficient (Wildman–Crippen LogP) is 3.08. The molecule has 0 spiro atoms. The van der Waals surface area contributed by atoms with Crippen LogP contribution in [0.2, 0.25) is 0 Å². The Kier molecular flexibility index (Phi) is 7.14. The highest BCUT2D eigenvalue weighted by molar-refractivity contribution is 6.08. The van der Waals surface area contributed by atoms with E-state index in [1.165, 1.54) is 9.47 Å². The number of nitrogens with zero attached hydrogens (tertiary/aromatic N) is 2. The van der Waals surface area contributed by atoms with E-state index in [1.54, 1.807) is 25.3 Å². The second kappa shape index (κ2) is 10.00. The summed E-state index contributed by atoms with van der Waals surface area (Å²) in [5.74, 6) is 0.139. The molecule has 0 atom stereocenters. The Morgan fingerprint density at radius 1 is 1.12 bits per heavy atom. The van der Waals surface area contributed by atoms with Crippen LogP contribution in [0.3, 0.4) is 0 Å². The Morgan fingerprint density at radius 2 is 1.81 bits per heavy atom. The van der Waals surface area contributed by atoms with Gasteiger partial charge in [0.25, 0.3) is 11.5 Å². The highest BCUT2D eigenvalue weighted by Crippen LogP contribution is 2.26. The van der Waals surface area contributed by atoms with E-state index < -0.39 is 17.2 Å². The lowest BCUT2D eigenvalue weighted by molar-refractivity contribution is 0.0984. The van der Waals surface area contributed by atoms with Crippen LogP contribution in [-0.2, 0) is 13.1 Å². The minimum Gasteiger partial charge on any atom is -0.496 e. The van der Waals surface area contributed by atoms with E-state index in [4.69, 9.17) is 10.5 Å². The van der Waals surface area contributed by atoms with Gasteiger partial charge in [0.05, 0.1) is 13.7 Å². The second-order valence-electron chi connectivity index (χ2n) is 7.52. The number of benzene rings is 2. The van der Waals surface area contributed by atoms with Gasteiger partial charge >= 0.3 is 5.69 Å². The van der Waals surface area contributed by atoms with E-state index in [9.17, 15) is 14.4 Å². The molecule has 1 aromatic heterocycles. The summed E-state index contributed by atoms with van der Waals surface area (Å²) in [6.07, 6.45) is 1.54. The van der Waals surface area contributed by atoms with Gasteiger partial charge in [-0.15, -0.1) is 0 Å². The Bertz CT molecular complexity index is 1230. The van der Waals surface area contributed by atoms with Gasteiger partial charge in [-0.1, -0.05) is 49.7 Å². The molecule has 0 unspecified atom stereocenters. The van der Waals surface area contributed by atoms with Crippen LogP contribution in [0.25, 0.3) is 0 Å². The average Bonchev–Trinajstić information content (AvgIpc) is 2.78. The number of nitrogens with one attached hydrogen (secondary N) is 1. The monoisotopic (exact) mass is 436 g/mol. The number of para-hydroxylation sites is 1. The number of H-pyrrole nitrogens is 1. The first-order valence-corrected chi connectivity index (χ1v) is 10.5. The minimum atomic E-state index is -0.711. The number of rotatable bonds is 8. The number of nitrogens with two attached hydrogens (primary N) is 1. The first-order chi connectivity index (χ1) is 15.4. The lowest BCUT2D eigenvalue weighted by Crippen LogP contribution is -2.41. The fraction of sp³-hybridized carbons (Fsp3) is 0.292. The van der Waals surface area contributed by atoms with E-state index in [0.717, 1.165) is 12.0 Å². The third-order valence-electron chi connectivity index (χ3n) is 5.36. The molecule has 1 heterocycles. The molecule has 8 nitrogen and oxygen atoms in total. The van der Waals surface area contributed by atoms with Gasteiger partial charge in [-0.25, -0.2) is 4.79 Å². The number of unbranched alkanes of at least 4 members (excludes halogenated alkanes) is 1. The summed E-state index contributed by atoms with van der Waals surface area (Å²) in [4.78, 5) is 42.6. The van der Waals surface area contributed by atoms with Crippen LogP contribution < -0.4 is 26.6 Å². The smallest absolute Gasteiger partial charge is 0.330 e. The quantitative estimate of drug-likeness (QED) is 0.564. The van der Waals surface area contributed by atoms with Gasteiger partial charge in [0.1, 0.15) is 11.6 Å². The van der Waals surface area contributed by atoms with Crippen molar-refractivity contribution in [2.75, 3.05) is 17.7 Å². The summed E-state index contributed by atoms with van der Waals surface area (Å²) in [6, 6.07) is 14.4. The summed E-state index contributed by atoms with van der Waals surface area (Å²) < 4.78 is 6.74. The van der Waals surface area contributed by atoms with Crippen molar-refractivity contribution in [1.29, 1.82) is 0 Å². The second-order valence-corrected chi connectivity index (χ2v) is 7.52. The largest absolute Gasteiger partial charge is 0.496 e. The Balaban J connectivity index is 2.21. The van der Waals surface area contributed by atoms with Crippen molar-refractivity contribution in [3.63, 3.8) is 0 Å². The Labute approximate surface area is 186 Å².